The molecule has 1 aromatic carbocycles. The molecule has 0 radical (unpaired) electrons. The Morgan fingerprint density at radius 3 is 2.32 bits per heavy atom. The van der Waals surface area contributed by atoms with Crippen LogP contribution in [0.5, 0.6) is 0 Å². The van der Waals surface area contributed by atoms with Gasteiger partial charge in [0.15, 0.2) is 10.6 Å². The first-order valence-electron chi connectivity index (χ1n) is 6.66. The first-order valence-corrected chi connectivity index (χ1v) is 7.98. The van der Waals surface area contributed by atoms with E-state index < -0.39 is 52.3 Å². The zero-order valence-electron chi connectivity index (χ0n) is 12.9. The molecule has 12 heteroatoms. The van der Waals surface area contributed by atoms with Gasteiger partial charge in [-0.1, -0.05) is 0 Å². The van der Waals surface area contributed by atoms with Crippen LogP contribution in [0.4, 0.5) is 32.3 Å². The van der Waals surface area contributed by atoms with E-state index >= 15 is 0 Å². The lowest BCUT2D eigenvalue weighted by molar-refractivity contribution is -0.144. The van der Waals surface area contributed by atoms with Crippen LogP contribution < -0.4 is 5.73 Å². The summed E-state index contributed by atoms with van der Waals surface area (Å²) >= 11 is -2.21. The van der Waals surface area contributed by atoms with Gasteiger partial charge in [0.05, 0.1) is 0 Å². The van der Waals surface area contributed by atoms with E-state index in [0.717, 1.165) is 12.1 Å². The fourth-order valence-electron chi connectivity index (χ4n) is 1.98. The molecule has 0 spiro atoms. The van der Waals surface area contributed by atoms with E-state index in [9.17, 15) is 30.9 Å². The molecule has 25 heavy (non-hydrogen) atoms. The topological polar surface area (TPSA) is 79.8 Å². The van der Waals surface area contributed by atoms with Crippen molar-refractivity contribution < 1.29 is 30.9 Å². The second-order valence-corrected chi connectivity index (χ2v) is 6.75. The van der Waals surface area contributed by atoms with Gasteiger partial charge in [-0.05, 0) is 24.2 Å². The van der Waals surface area contributed by atoms with Gasteiger partial charge in [0.2, 0.25) is 5.95 Å². The summed E-state index contributed by atoms with van der Waals surface area (Å²) in [4.78, 5) is 2.83. The van der Waals surface area contributed by atoms with Crippen molar-refractivity contribution >= 4 is 17.1 Å². The van der Waals surface area contributed by atoms with Crippen LogP contribution in [-0.4, -0.2) is 31.0 Å². The number of rotatable bonds is 4. The van der Waals surface area contributed by atoms with Gasteiger partial charge in [-0.15, -0.1) is 5.10 Å². The molecule has 1 atom stereocenters. The first-order chi connectivity index (χ1) is 11.3. The van der Waals surface area contributed by atoms with E-state index in [0.29, 0.717) is 11.6 Å². The Morgan fingerprint density at radius 1 is 1.24 bits per heavy atom. The van der Waals surface area contributed by atoms with Crippen molar-refractivity contribution in [1.82, 2.24) is 14.8 Å². The van der Waals surface area contributed by atoms with Crippen molar-refractivity contribution in [3.63, 3.8) is 0 Å². The summed E-state index contributed by atoms with van der Waals surface area (Å²) in [5.41, 5.74) is 4.85. The van der Waals surface area contributed by atoms with Gasteiger partial charge in [0.1, 0.15) is 11.5 Å². The average Bonchev–Trinajstić information content (AvgIpc) is 2.78. The number of aryl methyl sites for hydroxylation is 1. The Balaban J connectivity index is 2.53. The number of aromatic nitrogens is 3. The highest BCUT2D eigenvalue weighted by molar-refractivity contribution is 7.91. The summed E-state index contributed by atoms with van der Waals surface area (Å²) in [6, 6.07) is 1.72. The Labute approximate surface area is 141 Å². The summed E-state index contributed by atoms with van der Waals surface area (Å²) in [5, 5.41) is 3.09. The molecule has 0 amide bonds. The number of nitrogen functional groups attached to an aromatic ring is 1. The van der Waals surface area contributed by atoms with Crippen LogP contribution in [0, 0.1) is 12.7 Å². The first kappa shape index (κ1) is 19.4. The van der Waals surface area contributed by atoms with Crippen LogP contribution in [0.2, 0.25) is 0 Å². The number of hydrogen-bond acceptors (Lipinski definition) is 4. The molecule has 1 aromatic heterocycles. The van der Waals surface area contributed by atoms with Gasteiger partial charge >= 0.3 is 6.18 Å². The van der Waals surface area contributed by atoms with Gasteiger partial charge in [-0.3, -0.25) is 0 Å². The fourth-order valence-corrected chi connectivity index (χ4v) is 3.26. The minimum atomic E-state index is -4.91. The zero-order valence-corrected chi connectivity index (χ0v) is 13.7. The fraction of sp³-hybridized carbons (Fsp3) is 0.385. The third kappa shape index (κ3) is 4.37. The highest BCUT2D eigenvalue weighted by atomic mass is 32.2. The molecule has 0 fully saturated rings. The maximum Gasteiger partial charge on any atom is 0.453 e. The van der Waals surface area contributed by atoms with Crippen LogP contribution in [0.25, 0.3) is 5.69 Å². The maximum atomic E-state index is 14.1. The molecule has 138 valence electrons. The maximum absolute atomic E-state index is 14.1. The number of halogens is 6. The monoisotopic (exact) mass is 386 g/mol. The molecule has 1 heterocycles. The van der Waals surface area contributed by atoms with E-state index in [4.69, 9.17) is 5.73 Å². The molecule has 0 aliphatic carbocycles. The SMILES string of the molecule is Cc1cc(F)c(-n2nc(C(F)(F)F)nc2N)cc1[S@@+]([O-])CC(C)(F)F. The second kappa shape index (κ2) is 6.41. The Hall–Kier alpha value is -1.95. The smallest absolute Gasteiger partial charge is 0.453 e. The predicted molar refractivity (Wildman–Crippen MR) is 77.4 cm³/mol. The number of alkyl halides is 5. The number of nitrogens with two attached hydrogens (primary N) is 1. The van der Waals surface area contributed by atoms with Crippen molar-refractivity contribution in [2.45, 2.75) is 30.8 Å². The summed E-state index contributed by atoms with van der Waals surface area (Å²) in [5.74, 6) is -7.64. The molecule has 0 saturated heterocycles. The largest absolute Gasteiger partial charge is 0.611 e. The zero-order chi connectivity index (χ0) is 19.2. The quantitative estimate of drug-likeness (QED) is 0.647. The van der Waals surface area contributed by atoms with Gasteiger partial charge in [0.25, 0.3) is 11.7 Å². The molecule has 2 rings (SSSR count). The number of anilines is 1. The Bertz CT molecular complexity index is 786. The van der Waals surface area contributed by atoms with Gasteiger partial charge in [0, 0.05) is 18.6 Å². The normalized spacial score (nSPS) is 14.0. The summed E-state index contributed by atoms with van der Waals surface area (Å²) in [7, 11) is 0. The van der Waals surface area contributed by atoms with Crippen LogP contribution in [-0.2, 0) is 17.4 Å². The lowest BCUT2D eigenvalue weighted by atomic mass is 10.2. The van der Waals surface area contributed by atoms with Gasteiger partial charge in [-0.25, -0.2) is 13.2 Å². The van der Waals surface area contributed by atoms with E-state index in [1.165, 1.54) is 6.92 Å². The minimum absolute atomic E-state index is 0.0959. The second-order valence-electron chi connectivity index (χ2n) is 5.33. The molecule has 0 bridgehead atoms. The predicted octanol–water partition coefficient (Wildman–Crippen LogP) is 3.08. The molecule has 0 aliphatic rings. The van der Waals surface area contributed by atoms with E-state index in [1.807, 2.05) is 0 Å². The lowest BCUT2D eigenvalue weighted by Crippen LogP contribution is -2.25. The van der Waals surface area contributed by atoms with Crippen molar-refractivity contribution in [3.8, 4) is 5.69 Å². The molecular formula is C13H12F6N4OS. The number of benzene rings is 1. The van der Waals surface area contributed by atoms with Crippen LogP contribution in [0.3, 0.4) is 0 Å². The summed E-state index contributed by atoms with van der Waals surface area (Å²) < 4.78 is 90.6. The van der Waals surface area contributed by atoms with Crippen LogP contribution in [0.15, 0.2) is 17.0 Å². The standard InChI is InChI=1S/C13H12F6N4OS/c1-6-3-7(14)8(4-9(6)25(24)5-12(2,15)16)23-11(20)21-10(22-23)13(17,18)19/h3-4H,5H2,1-2H3,(H2,20,21,22)/t25-/m0/s1. The molecule has 2 N–H and O–H groups in total. The molecule has 5 nitrogen and oxygen atoms in total. The third-order valence-electron chi connectivity index (χ3n) is 2.99. The summed E-state index contributed by atoms with van der Waals surface area (Å²) in [6.07, 6.45) is -4.91. The van der Waals surface area contributed by atoms with Gasteiger partial charge < -0.3 is 10.3 Å². The molecule has 0 saturated carbocycles. The third-order valence-corrected chi connectivity index (χ3v) is 4.69. The molecule has 0 unspecified atom stereocenters. The van der Waals surface area contributed by atoms with Gasteiger partial charge in [-0.2, -0.15) is 22.8 Å². The van der Waals surface area contributed by atoms with Crippen LogP contribution in [0.1, 0.15) is 18.3 Å². The van der Waals surface area contributed by atoms with E-state index in [-0.39, 0.29) is 10.5 Å². The van der Waals surface area contributed by atoms with E-state index in [2.05, 4.69) is 10.1 Å². The number of nitrogens with zero attached hydrogens (tertiary/aromatic N) is 3. The highest BCUT2D eigenvalue weighted by Gasteiger charge is 2.37. The Kier molecular flexibility index (Phi) is 4.97. The Morgan fingerprint density at radius 2 is 1.84 bits per heavy atom. The van der Waals surface area contributed by atoms with Crippen LogP contribution >= 0.6 is 0 Å². The van der Waals surface area contributed by atoms with Crippen molar-refractivity contribution in [2.75, 3.05) is 11.5 Å². The molecule has 2 aromatic rings. The average molecular weight is 386 g/mol. The van der Waals surface area contributed by atoms with E-state index in [1.54, 1.807) is 0 Å². The highest BCUT2D eigenvalue weighted by Crippen LogP contribution is 2.30. The summed E-state index contributed by atoms with van der Waals surface area (Å²) in [6.45, 7) is 1.90. The molecular weight excluding hydrogens is 374 g/mol. The van der Waals surface area contributed by atoms with Crippen molar-refractivity contribution in [3.05, 3.63) is 29.3 Å². The van der Waals surface area contributed by atoms with Crippen molar-refractivity contribution in [2.24, 2.45) is 0 Å². The van der Waals surface area contributed by atoms with Crippen molar-refractivity contribution in [1.29, 1.82) is 0 Å². The minimum Gasteiger partial charge on any atom is -0.611 e. The lowest BCUT2D eigenvalue weighted by Gasteiger charge is -2.17. The number of hydrogen-bond donors (Lipinski definition) is 1. The molecule has 0 aliphatic heterocycles.